The minimum absolute atomic E-state index is 0.130. The van der Waals surface area contributed by atoms with Crippen LogP contribution in [-0.2, 0) is 5.41 Å². The number of fused-ring (bicyclic) bond motifs is 11. The molecule has 0 aliphatic heterocycles. The Hall–Kier alpha value is -6.58. The minimum Gasteiger partial charge on any atom is -0.456 e. The first kappa shape index (κ1) is 29.2. The highest BCUT2D eigenvalue weighted by molar-refractivity contribution is 6.16. The smallest absolute Gasteiger partial charge is 0.143 e. The van der Waals surface area contributed by atoms with Crippen LogP contribution in [0.25, 0.3) is 76.9 Å². The Morgan fingerprint density at radius 1 is 0.423 bits per heavy atom. The largest absolute Gasteiger partial charge is 0.456 e. The third-order valence-corrected chi connectivity index (χ3v) is 11.3. The van der Waals surface area contributed by atoms with E-state index in [4.69, 9.17) is 8.83 Å². The fourth-order valence-corrected chi connectivity index (χ4v) is 8.70. The lowest BCUT2D eigenvalue weighted by Gasteiger charge is -2.30. The van der Waals surface area contributed by atoms with Crippen molar-refractivity contribution in [3.63, 3.8) is 0 Å². The van der Waals surface area contributed by atoms with E-state index in [0.29, 0.717) is 0 Å². The summed E-state index contributed by atoms with van der Waals surface area (Å²) in [6.07, 6.45) is 0. The van der Waals surface area contributed by atoms with Gasteiger partial charge in [-0.1, -0.05) is 117 Å². The van der Waals surface area contributed by atoms with Gasteiger partial charge in [0, 0.05) is 49.3 Å². The third kappa shape index (κ3) is 4.14. The van der Waals surface area contributed by atoms with Crippen LogP contribution < -0.4 is 4.90 Å². The van der Waals surface area contributed by atoms with Crippen LogP contribution in [0.15, 0.2) is 173 Å². The Morgan fingerprint density at radius 2 is 1.08 bits per heavy atom. The predicted molar refractivity (Wildman–Crippen MR) is 216 cm³/mol. The van der Waals surface area contributed by atoms with Gasteiger partial charge >= 0.3 is 0 Å². The fourth-order valence-electron chi connectivity index (χ4n) is 8.70. The number of benzene rings is 8. The Morgan fingerprint density at radius 3 is 2.00 bits per heavy atom. The molecular weight excluding hydrogens is 635 g/mol. The molecular formula is C49H33NO2. The Bertz CT molecular complexity index is 3070. The van der Waals surface area contributed by atoms with E-state index in [1.165, 1.54) is 27.6 Å². The summed E-state index contributed by atoms with van der Waals surface area (Å²) in [4.78, 5) is 2.42. The first-order valence-corrected chi connectivity index (χ1v) is 17.9. The van der Waals surface area contributed by atoms with E-state index in [1.54, 1.807) is 0 Å². The Kier molecular flexibility index (Phi) is 6.01. The van der Waals surface area contributed by atoms with Gasteiger partial charge in [0.05, 0.1) is 5.69 Å². The second-order valence-corrected chi connectivity index (χ2v) is 14.5. The van der Waals surface area contributed by atoms with Gasteiger partial charge in [-0.3, -0.25) is 0 Å². The van der Waals surface area contributed by atoms with Gasteiger partial charge in [0.25, 0.3) is 0 Å². The van der Waals surface area contributed by atoms with Crippen molar-refractivity contribution in [3.05, 3.63) is 175 Å². The summed E-state index contributed by atoms with van der Waals surface area (Å²) in [5, 5.41) is 6.77. The standard InChI is InChI=1S/C49H33NO2/c1-49(2)42-16-8-5-14-36(42)37-24-21-33(29-43(37)49)50(32-22-26-46-41(28-32)38-15-7-10-18-45(38)51-46)44-17-9-6-12-34(44)31-20-25-47-40(27-31)39-23-19-30-11-3-4-13-35(30)48(39)52-47/h3-29H,1-2H3. The van der Waals surface area contributed by atoms with Crippen LogP contribution in [0.3, 0.4) is 0 Å². The zero-order valence-corrected chi connectivity index (χ0v) is 28.9. The van der Waals surface area contributed by atoms with E-state index in [1.807, 2.05) is 12.1 Å². The van der Waals surface area contributed by atoms with Crippen LogP contribution in [0.5, 0.6) is 0 Å². The lowest BCUT2D eigenvalue weighted by molar-refractivity contribution is 0.660. The van der Waals surface area contributed by atoms with Gasteiger partial charge in [-0.15, -0.1) is 0 Å². The molecule has 10 aromatic rings. The maximum absolute atomic E-state index is 6.51. The molecule has 0 saturated carbocycles. The van der Waals surface area contributed by atoms with E-state index in [0.717, 1.165) is 77.5 Å². The van der Waals surface area contributed by atoms with Gasteiger partial charge in [-0.05, 0) is 93.9 Å². The number of hydrogen-bond donors (Lipinski definition) is 0. The summed E-state index contributed by atoms with van der Waals surface area (Å²) >= 11 is 0. The number of nitrogens with zero attached hydrogens (tertiary/aromatic N) is 1. The molecule has 2 heterocycles. The molecule has 3 heteroatoms. The van der Waals surface area contributed by atoms with Crippen LogP contribution in [0.4, 0.5) is 17.1 Å². The van der Waals surface area contributed by atoms with Gasteiger partial charge in [-0.25, -0.2) is 0 Å². The number of anilines is 3. The van der Waals surface area contributed by atoms with Gasteiger partial charge in [-0.2, -0.15) is 0 Å². The van der Waals surface area contributed by atoms with E-state index >= 15 is 0 Å². The van der Waals surface area contributed by atoms with Crippen molar-refractivity contribution < 1.29 is 8.83 Å². The maximum Gasteiger partial charge on any atom is 0.143 e. The molecule has 2 aromatic heterocycles. The van der Waals surface area contributed by atoms with E-state index < -0.39 is 0 Å². The summed E-state index contributed by atoms with van der Waals surface area (Å²) in [6, 6.07) is 58.9. The van der Waals surface area contributed by atoms with Crippen LogP contribution in [0.2, 0.25) is 0 Å². The third-order valence-electron chi connectivity index (χ3n) is 11.3. The highest BCUT2D eigenvalue weighted by Crippen LogP contribution is 2.51. The summed E-state index contributed by atoms with van der Waals surface area (Å²) < 4.78 is 12.8. The van der Waals surface area contributed by atoms with E-state index in [-0.39, 0.29) is 5.41 Å². The van der Waals surface area contributed by atoms with Crippen molar-refractivity contribution in [2.75, 3.05) is 4.90 Å². The molecule has 0 spiro atoms. The van der Waals surface area contributed by atoms with Crippen molar-refractivity contribution in [3.8, 4) is 22.3 Å². The lowest BCUT2D eigenvalue weighted by Crippen LogP contribution is -2.16. The van der Waals surface area contributed by atoms with Gasteiger partial charge < -0.3 is 13.7 Å². The first-order valence-electron chi connectivity index (χ1n) is 17.9. The molecule has 0 amide bonds. The van der Waals surface area contributed by atoms with Crippen molar-refractivity contribution in [2.45, 2.75) is 19.3 Å². The number of para-hydroxylation sites is 2. The molecule has 246 valence electrons. The molecule has 0 saturated heterocycles. The molecule has 52 heavy (non-hydrogen) atoms. The van der Waals surface area contributed by atoms with Crippen LogP contribution in [0.1, 0.15) is 25.0 Å². The second-order valence-electron chi connectivity index (χ2n) is 14.5. The second kappa shape index (κ2) is 10.7. The topological polar surface area (TPSA) is 29.5 Å². The average molecular weight is 668 g/mol. The SMILES string of the molecule is CC1(C)c2ccccc2-c2ccc(N(c3ccc4oc5ccccc5c4c3)c3ccccc3-c3ccc4oc5c6ccccc6ccc5c4c3)cc21. The molecule has 0 unspecified atom stereocenters. The zero-order chi connectivity index (χ0) is 34.6. The van der Waals surface area contributed by atoms with Crippen molar-refractivity contribution >= 4 is 71.7 Å². The molecule has 0 radical (unpaired) electrons. The normalized spacial score (nSPS) is 13.3. The lowest BCUT2D eigenvalue weighted by atomic mass is 9.82. The van der Waals surface area contributed by atoms with Gasteiger partial charge in [0.2, 0.25) is 0 Å². The summed E-state index contributed by atoms with van der Waals surface area (Å²) in [5.74, 6) is 0. The monoisotopic (exact) mass is 667 g/mol. The molecule has 1 aliphatic rings. The van der Waals surface area contributed by atoms with Gasteiger partial charge in [0.15, 0.2) is 0 Å². The summed E-state index contributed by atoms with van der Waals surface area (Å²) in [7, 11) is 0. The molecule has 1 aliphatic carbocycles. The van der Waals surface area contributed by atoms with Crippen molar-refractivity contribution in [1.82, 2.24) is 0 Å². The van der Waals surface area contributed by atoms with E-state index in [9.17, 15) is 0 Å². The summed E-state index contributed by atoms with van der Waals surface area (Å²) in [5.41, 5.74) is 14.4. The van der Waals surface area contributed by atoms with Crippen LogP contribution in [0, 0.1) is 0 Å². The molecule has 0 atom stereocenters. The van der Waals surface area contributed by atoms with Crippen molar-refractivity contribution in [2.24, 2.45) is 0 Å². The van der Waals surface area contributed by atoms with Crippen LogP contribution in [-0.4, -0.2) is 0 Å². The quantitative estimate of drug-likeness (QED) is 0.187. The van der Waals surface area contributed by atoms with Crippen LogP contribution >= 0.6 is 0 Å². The molecule has 11 rings (SSSR count). The highest BCUT2D eigenvalue weighted by Gasteiger charge is 2.36. The maximum atomic E-state index is 6.51. The van der Waals surface area contributed by atoms with Gasteiger partial charge in [0.1, 0.15) is 22.3 Å². The molecule has 8 aromatic carbocycles. The first-order chi connectivity index (χ1) is 25.5. The fraction of sp³-hybridized carbons (Fsp3) is 0.0612. The Labute approximate surface area is 301 Å². The number of rotatable bonds is 4. The predicted octanol–water partition coefficient (Wildman–Crippen LogP) is 14.1. The molecule has 0 fully saturated rings. The molecule has 0 bridgehead atoms. The number of furan rings is 2. The average Bonchev–Trinajstić information content (AvgIpc) is 3.83. The summed E-state index contributed by atoms with van der Waals surface area (Å²) in [6.45, 7) is 4.69. The highest BCUT2D eigenvalue weighted by atomic mass is 16.3. The van der Waals surface area contributed by atoms with Crippen molar-refractivity contribution in [1.29, 1.82) is 0 Å². The number of hydrogen-bond acceptors (Lipinski definition) is 3. The minimum atomic E-state index is -0.130. The van der Waals surface area contributed by atoms with E-state index in [2.05, 4.69) is 170 Å². The molecule has 3 nitrogen and oxygen atoms in total. The Balaban J connectivity index is 1.14. The molecule has 0 N–H and O–H groups in total. The zero-order valence-electron chi connectivity index (χ0n) is 28.9.